The van der Waals surface area contributed by atoms with E-state index in [-0.39, 0.29) is 11.8 Å². The first-order valence-electron chi connectivity index (χ1n) is 7.12. The zero-order valence-electron chi connectivity index (χ0n) is 11.7. The van der Waals surface area contributed by atoms with E-state index in [9.17, 15) is 9.59 Å². The van der Waals surface area contributed by atoms with Gasteiger partial charge in [-0.15, -0.1) is 0 Å². The predicted molar refractivity (Wildman–Crippen MR) is 87.4 cm³/mol. The molecular weight excluding hydrogens is 342 g/mol. The molecule has 0 spiro atoms. The zero-order chi connectivity index (χ0) is 15.3. The summed E-state index contributed by atoms with van der Waals surface area (Å²) in [6.45, 7) is 0. The molecule has 1 aliphatic heterocycles. The van der Waals surface area contributed by atoms with Crippen LogP contribution in [0, 0.1) is 0 Å². The molecule has 3 nitrogen and oxygen atoms in total. The topological polar surface area (TPSA) is 37.4 Å². The summed E-state index contributed by atoms with van der Waals surface area (Å²) in [5, 5.41) is 0. The van der Waals surface area contributed by atoms with E-state index in [4.69, 9.17) is 0 Å². The van der Waals surface area contributed by atoms with Gasteiger partial charge in [0.15, 0.2) is 0 Å². The number of allylic oxidation sites excluding steroid dienone is 1. The minimum atomic E-state index is -0.215. The molecule has 2 aliphatic rings. The molecule has 0 saturated carbocycles. The van der Waals surface area contributed by atoms with Gasteiger partial charge in [-0.25, -0.2) is 4.90 Å². The molecule has 4 heteroatoms. The Bertz CT molecular complexity index is 819. The van der Waals surface area contributed by atoms with Crippen molar-refractivity contribution in [2.75, 3.05) is 0 Å². The van der Waals surface area contributed by atoms with Crippen molar-refractivity contribution >= 4 is 33.8 Å². The summed E-state index contributed by atoms with van der Waals surface area (Å²) < 4.78 is 1.05. The van der Waals surface area contributed by atoms with Gasteiger partial charge < -0.3 is 0 Å². The van der Waals surface area contributed by atoms with Crippen molar-refractivity contribution < 1.29 is 9.59 Å². The van der Waals surface area contributed by atoms with Gasteiger partial charge in [0.1, 0.15) is 0 Å². The summed E-state index contributed by atoms with van der Waals surface area (Å²) >= 11 is 3.47. The number of hydrogen-bond donors (Lipinski definition) is 0. The maximum atomic E-state index is 12.5. The third kappa shape index (κ3) is 1.95. The Kier molecular flexibility index (Phi) is 3.01. The number of halogens is 1. The second-order valence-corrected chi connectivity index (χ2v) is 6.39. The van der Waals surface area contributed by atoms with Gasteiger partial charge in [-0.2, -0.15) is 0 Å². The molecule has 0 atom stereocenters. The molecule has 108 valence electrons. The lowest BCUT2D eigenvalue weighted by molar-refractivity contribution is 0.0700. The van der Waals surface area contributed by atoms with Crippen LogP contribution in [0.1, 0.15) is 38.3 Å². The molecule has 0 N–H and O–H groups in total. The number of nitrogens with zero attached hydrogens (tertiary/aromatic N) is 1. The first kappa shape index (κ1) is 13.5. The quantitative estimate of drug-likeness (QED) is 0.725. The van der Waals surface area contributed by atoms with Crippen LogP contribution in [0.4, 0.5) is 0 Å². The number of carbonyl (C=O) groups excluding carboxylic acids is 2. The Balaban J connectivity index is 1.77. The van der Waals surface area contributed by atoms with Gasteiger partial charge in [0, 0.05) is 10.2 Å². The van der Waals surface area contributed by atoms with Crippen LogP contribution >= 0.6 is 15.9 Å². The van der Waals surface area contributed by atoms with E-state index in [1.165, 1.54) is 10.5 Å². The summed E-state index contributed by atoms with van der Waals surface area (Å²) in [5.41, 5.74) is 4.07. The van der Waals surface area contributed by atoms with Gasteiger partial charge in [-0.05, 0) is 54.3 Å². The molecule has 0 unspecified atom stereocenters. The minimum absolute atomic E-state index is 0.215. The van der Waals surface area contributed by atoms with Crippen molar-refractivity contribution in [2.24, 2.45) is 0 Å². The van der Waals surface area contributed by atoms with Crippen LogP contribution in [0.3, 0.4) is 0 Å². The molecule has 4 rings (SSSR count). The number of imide groups is 1. The van der Waals surface area contributed by atoms with Crippen LogP contribution in [-0.2, 0) is 6.42 Å². The SMILES string of the molecule is O=C1c2ccccc2C(=O)N1C1=Cc2ccc(Br)cc2CC1. The molecule has 0 fully saturated rings. The van der Waals surface area contributed by atoms with E-state index in [0.29, 0.717) is 17.5 Å². The van der Waals surface area contributed by atoms with E-state index in [0.717, 1.165) is 22.2 Å². The maximum absolute atomic E-state index is 12.5. The van der Waals surface area contributed by atoms with Crippen LogP contribution in [-0.4, -0.2) is 16.7 Å². The third-order valence-electron chi connectivity index (χ3n) is 4.16. The largest absolute Gasteiger partial charge is 0.268 e. The van der Waals surface area contributed by atoms with Crippen molar-refractivity contribution in [2.45, 2.75) is 12.8 Å². The van der Waals surface area contributed by atoms with Crippen LogP contribution in [0.5, 0.6) is 0 Å². The van der Waals surface area contributed by atoms with E-state index < -0.39 is 0 Å². The first-order chi connectivity index (χ1) is 10.6. The van der Waals surface area contributed by atoms with Crippen LogP contribution in [0.25, 0.3) is 6.08 Å². The molecule has 2 aromatic carbocycles. The lowest BCUT2D eigenvalue weighted by Gasteiger charge is -2.23. The van der Waals surface area contributed by atoms with Crippen LogP contribution < -0.4 is 0 Å². The second kappa shape index (κ2) is 4.92. The Morgan fingerprint density at radius 3 is 2.27 bits per heavy atom. The van der Waals surface area contributed by atoms with Crippen molar-refractivity contribution in [3.8, 4) is 0 Å². The predicted octanol–water partition coefficient (Wildman–Crippen LogP) is 4.03. The van der Waals surface area contributed by atoms with E-state index in [1.54, 1.807) is 24.3 Å². The molecule has 2 aromatic rings. The first-order valence-corrected chi connectivity index (χ1v) is 7.91. The summed E-state index contributed by atoms with van der Waals surface area (Å²) in [6, 6.07) is 13.1. The molecular formula is C18H12BrNO2. The highest BCUT2D eigenvalue weighted by Crippen LogP contribution is 2.33. The summed E-state index contributed by atoms with van der Waals surface area (Å²) in [4.78, 5) is 26.4. The second-order valence-electron chi connectivity index (χ2n) is 5.47. The fraction of sp³-hybridized carbons (Fsp3) is 0.111. The van der Waals surface area contributed by atoms with Gasteiger partial charge in [-0.3, -0.25) is 9.59 Å². The fourth-order valence-corrected chi connectivity index (χ4v) is 3.48. The van der Waals surface area contributed by atoms with Crippen molar-refractivity contribution in [3.63, 3.8) is 0 Å². The minimum Gasteiger partial charge on any atom is -0.268 e. The number of amides is 2. The maximum Gasteiger partial charge on any atom is 0.265 e. The molecule has 2 amide bonds. The molecule has 0 aromatic heterocycles. The zero-order valence-corrected chi connectivity index (χ0v) is 13.3. The standard InChI is InChI=1S/C18H12BrNO2/c19-13-7-5-12-10-14(8-6-11(12)9-13)20-17(21)15-3-1-2-4-16(15)18(20)22/h1-5,7,9-10H,6,8H2. The lowest BCUT2D eigenvalue weighted by atomic mass is 9.95. The Labute approximate surface area is 136 Å². The number of fused-ring (bicyclic) bond motifs is 2. The van der Waals surface area contributed by atoms with Crippen molar-refractivity contribution in [1.82, 2.24) is 4.90 Å². The van der Waals surface area contributed by atoms with Crippen molar-refractivity contribution in [3.05, 3.63) is 74.9 Å². The van der Waals surface area contributed by atoms with Gasteiger partial charge in [-0.1, -0.05) is 34.1 Å². The van der Waals surface area contributed by atoms with Crippen LogP contribution in [0.15, 0.2) is 52.6 Å². The number of rotatable bonds is 1. The molecule has 1 aliphatic carbocycles. The number of carbonyl (C=O) groups is 2. The Hall–Kier alpha value is -2.20. The van der Waals surface area contributed by atoms with E-state index >= 15 is 0 Å². The monoisotopic (exact) mass is 353 g/mol. The molecule has 0 saturated heterocycles. The normalized spacial score (nSPS) is 16.4. The molecule has 0 bridgehead atoms. The highest BCUT2D eigenvalue weighted by molar-refractivity contribution is 9.10. The number of benzene rings is 2. The summed E-state index contributed by atoms with van der Waals surface area (Å²) in [7, 11) is 0. The van der Waals surface area contributed by atoms with E-state index in [2.05, 4.69) is 22.0 Å². The Morgan fingerprint density at radius 1 is 0.909 bits per heavy atom. The number of aryl methyl sites for hydroxylation is 1. The fourth-order valence-electron chi connectivity index (χ4n) is 3.07. The lowest BCUT2D eigenvalue weighted by Crippen LogP contribution is -2.30. The van der Waals surface area contributed by atoms with Gasteiger partial charge in [0.05, 0.1) is 11.1 Å². The number of hydrogen-bond acceptors (Lipinski definition) is 2. The van der Waals surface area contributed by atoms with Crippen LogP contribution in [0.2, 0.25) is 0 Å². The molecule has 1 heterocycles. The average molecular weight is 354 g/mol. The Morgan fingerprint density at radius 2 is 1.59 bits per heavy atom. The highest BCUT2D eigenvalue weighted by Gasteiger charge is 2.37. The third-order valence-corrected chi connectivity index (χ3v) is 4.65. The van der Waals surface area contributed by atoms with Gasteiger partial charge >= 0.3 is 0 Å². The highest BCUT2D eigenvalue weighted by atomic mass is 79.9. The summed E-state index contributed by atoms with van der Waals surface area (Å²) in [6.07, 6.45) is 3.47. The van der Waals surface area contributed by atoms with Crippen molar-refractivity contribution in [1.29, 1.82) is 0 Å². The van der Waals surface area contributed by atoms with E-state index in [1.807, 2.05) is 18.2 Å². The van der Waals surface area contributed by atoms with Gasteiger partial charge in [0.25, 0.3) is 11.8 Å². The summed E-state index contributed by atoms with van der Waals surface area (Å²) in [5.74, 6) is -0.431. The average Bonchev–Trinajstić information content (AvgIpc) is 2.79. The van der Waals surface area contributed by atoms with Gasteiger partial charge in [0.2, 0.25) is 0 Å². The molecule has 0 radical (unpaired) electrons. The smallest absolute Gasteiger partial charge is 0.265 e. The molecule has 22 heavy (non-hydrogen) atoms.